The number of nitrogens with one attached hydrogen (secondary N) is 2. The van der Waals surface area contributed by atoms with Gasteiger partial charge in [-0.25, -0.2) is 0 Å². The molecule has 1 aromatic carbocycles. The number of carbonyl (C=O) groups excluding carboxylic acids is 1. The van der Waals surface area contributed by atoms with Gasteiger partial charge in [0.05, 0.1) is 10.6 Å². The summed E-state index contributed by atoms with van der Waals surface area (Å²) in [5.41, 5.74) is 7.51. The second-order valence-corrected chi connectivity index (χ2v) is 6.35. The molecule has 1 aliphatic carbocycles. The first-order valence-corrected chi connectivity index (χ1v) is 7.80. The summed E-state index contributed by atoms with van der Waals surface area (Å²) >= 11 is 6.32. The fraction of sp³-hybridized carbons (Fsp3) is 0.438. The highest BCUT2D eigenvalue weighted by molar-refractivity contribution is 6.38. The number of aromatic nitrogens is 1. The lowest BCUT2D eigenvalue weighted by Gasteiger charge is -2.33. The summed E-state index contributed by atoms with van der Waals surface area (Å²) in [5, 5.41) is 4.30. The van der Waals surface area contributed by atoms with Crippen LogP contribution in [-0.4, -0.2) is 23.0 Å². The SMILES string of the molecule is Cl.NC1(CNC(=O)c2ccc3[nH]ccc3c2Cl)CCCCC1. The Morgan fingerprint density at radius 3 is 2.73 bits per heavy atom. The Bertz CT molecular complexity index is 662. The van der Waals surface area contributed by atoms with Crippen molar-refractivity contribution in [1.29, 1.82) is 0 Å². The predicted molar refractivity (Wildman–Crippen MR) is 92.9 cm³/mol. The third kappa shape index (κ3) is 3.40. The summed E-state index contributed by atoms with van der Waals surface area (Å²) in [5.74, 6) is -0.154. The number of halogens is 2. The zero-order valence-corrected chi connectivity index (χ0v) is 13.9. The molecule has 1 saturated carbocycles. The van der Waals surface area contributed by atoms with Gasteiger partial charge in [-0.3, -0.25) is 4.79 Å². The molecule has 1 heterocycles. The van der Waals surface area contributed by atoms with Crippen LogP contribution in [0, 0.1) is 0 Å². The normalized spacial score (nSPS) is 17.0. The van der Waals surface area contributed by atoms with E-state index in [-0.39, 0.29) is 23.9 Å². The van der Waals surface area contributed by atoms with Crippen molar-refractivity contribution in [3.63, 3.8) is 0 Å². The van der Waals surface area contributed by atoms with E-state index in [1.807, 2.05) is 18.3 Å². The lowest BCUT2D eigenvalue weighted by Crippen LogP contribution is -2.51. The van der Waals surface area contributed by atoms with Gasteiger partial charge in [0.2, 0.25) is 0 Å². The minimum atomic E-state index is -0.265. The quantitative estimate of drug-likeness (QED) is 0.797. The monoisotopic (exact) mass is 341 g/mol. The van der Waals surface area contributed by atoms with Crippen molar-refractivity contribution >= 4 is 40.8 Å². The second kappa shape index (κ2) is 6.90. The molecule has 6 heteroatoms. The van der Waals surface area contributed by atoms with Gasteiger partial charge in [0.1, 0.15) is 0 Å². The van der Waals surface area contributed by atoms with Gasteiger partial charge in [0, 0.05) is 29.2 Å². The highest BCUT2D eigenvalue weighted by atomic mass is 35.5. The van der Waals surface area contributed by atoms with Crippen LogP contribution in [0.3, 0.4) is 0 Å². The van der Waals surface area contributed by atoms with E-state index in [0.717, 1.165) is 36.6 Å². The average Bonchev–Trinajstić information content (AvgIpc) is 2.95. The van der Waals surface area contributed by atoms with Crippen molar-refractivity contribution in [2.45, 2.75) is 37.6 Å². The maximum atomic E-state index is 12.4. The highest BCUT2D eigenvalue weighted by Crippen LogP contribution is 2.28. The van der Waals surface area contributed by atoms with Gasteiger partial charge in [0.25, 0.3) is 5.91 Å². The molecule has 3 rings (SSSR count). The molecule has 1 aromatic heterocycles. The fourth-order valence-corrected chi connectivity index (χ4v) is 3.37. The minimum Gasteiger partial charge on any atom is -0.361 e. The summed E-state index contributed by atoms with van der Waals surface area (Å²) in [4.78, 5) is 15.4. The van der Waals surface area contributed by atoms with Crippen molar-refractivity contribution in [3.8, 4) is 0 Å². The first-order valence-electron chi connectivity index (χ1n) is 7.42. The van der Waals surface area contributed by atoms with Crippen molar-refractivity contribution in [1.82, 2.24) is 10.3 Å². The van der Waals surface area contributed by atoms with Gasteiger partial charge < -0.3 is 16.0 Å². The van der Waals surface area contributed by atoms with Crippen LogP contribution in [0.2, 0.25) is 5.02 Å². The van der Waals surface area contributed by atoms with Gasteiger partial charge in [-0.05, 0) is 31.0 Å². The van der Waals surface area contributed by atoms with E-state index in [1.54, 1.807) is 6.07 Å². The molecule has 2 aromatic rings. The van der Waals surface area contributed by atoms with Crippen molar-refractivity contribution < 1.29 is 4.79 Å². The molecule has 120 valence electrons. The molecular formula is C16H21Cl2N3O. The van der Waals surface area contributed by atoms with E-state index in [2.05, 4.69) is 10.3 Å². The molecule has 0 unspecified atom stereocenters. The average molecular weight is 342 g/mol. The first kappa shape index (κ1) is 17.1. The summed E-state index contributed by atoms with van der Waals surface area (Å²) in [7, 11) is 0. The standard InChI is InChI=1S/C16H20ClN3O.ClH/c17-14-11-6-9-19-13(11)5-4-12(14)15(21)20-10-16(18)7-2-1-3-8-16;/h4-6,9,19H,1-3,7-8,10,18H2,(H,20,21);1H. The number of H-pyrrole nitrogens is 1. The van der Waals surface area contributed by atoms with Crippen molar-refractivity contribution in [3.05, 3.63) is 35.0 Å². The third-order valence-corrected chi connectivity index (χ3v) is 4.77. The van der Waals surface area contributed by atoms with Crippen molar-refractivity contribution in [2.75, 3.05) is 6.54 Å². The number of aromatic amines is 1. The molecule has 0 aliphatic heterocycles. The molecule has 0 radical (unpaired) electrons. The van der Waals surface area contributed by atoms with Gasteiger partial charge in [-0.2, -0.15) is 0 Å². The number of hydrogen-bond acceptors (Lipinski definition) is 2. The van der Waals surface area contributed by atoms with Crippen LogP contribution < -0.4 is 11.1 Å². The second-order valence-electron chi connectivity index (χ2n) is 5.97. The zero-order valence-electron chi connectivity index (χ0n) is 12.3. The molecule has 4 N–H and O–H groups in total. The van der Waals surface area contributed by atoms with Crippen LogP contribution in [0.1, 0.15) is 42.5 Å². The lowest BCUT2D eigenvalue weighted by atomic mass is 9.82. The maximum absolute atomic E-state index is 12.4. The Morgan fingerprint density at radius 1 is 1.27 bits per heavy atom. The van der Waals surface area contributed by atoms with Crippen LogP contribution >= 0.6 is 24.0 Å². The molecule has 0 atom stereocenters. The molecule has 0 saturated heterocycles. The van der Waals surface area contributed by atoms with E-state index in [9.17, 15) is 4.79 Å². The Balaban J connectivity index is 0.00000176. The smallest absolute Gasteiger partial charge is 0.252 e. The van der Waals surface area contributed by atoms with Crippen LogP contribution in [0.5, 0.6) is 0 Å². The lowest BCUT2D eigenvalue weighted by molar-refractivity contribution is 0.0938. The maximum Gasteiger partial charge on any atom is 0.252 e. The number of fused-ring (bicyclic) bond motifs is 1. The van der Waals surface area contributed by atoms with Crippen LogP contribution in [0.4, 0.5) is 0 Å². The van der Waals surface area contributed by atoms with E-state index >= 15 is 0 Å². The number of nitrogens with two attached hydrogens (primary N) is 1. The molecular weight excluding hydrogens is 321 g/mol. The van der Waals surface area contributed by atoms with Crippen molar-refractivity contribution in [2.24, 2.45) is 5.73 Å². The molecule has 22 heavy (non-hydrogen) atoms. The largest absolute Gasteiger partial charge is 0.361 e. The highest BCUT2D eigenvalue weighted by Gasteiger charge is 2.28. The van der Waals surface area contributed by atoms with Gasteiger partial charge in [0.15, 0.2) is 0 Å². The van der Waals surface area contributed by atoms with E-state index in [0.29, 0.717) is 17.1 Å². The number of rotatable bonds is 3. The van der Waals surface area contributed by atoms with Gasteiger partial charge >= 0.3 is 0 Å². The molecule has 0 spiro atoms. The predicted octanol–water partition coefficient (Wildman–Crippen LogP) is 3.63. The minimum absolute atomic E-state index is 0. The fourth-order valence-electron chi connectivity index (χ4n) is 3.06. The van der Waals surface area contributed by atoms with E-state index in [1.165, 1.54) is 6.42 Å². The summed E-state index contributed by atoms with van der Waals surface area (Å²) in [6.07, 6.45) is 7.28. The van der Waals surface area contributed by atoms with Gasteiger partial charge in [-0.1, -0.05) is 30.9 Å². The molecule has 0 bridgehead atoms. The Kier molecular flexibility index (Phi) is 5.37. The number of carbonyl (C=O) groups is 1. The van der Waals surface area contributed by atoms with Crippen LogP contribution in [0.15, 0.2) is 24.4 Å². The van der Waals surface area contributed by atoms with E-state index in [4.69, 9.17) is 17.3 Å². The summed E-state index contributed by atoms with van der Waals surface area (Å²) in [6, 6.07) is 5.50. The summed E-state index contributed by atoms with van der Waals surface area (Å²) < 4.78 is 0. The number of hydrogen-bond donors (Lipinski definition) is 3. The molecule has 4 nitrogen and oxygen atoms in total. The first-order chi connectivity index (χ1) is 10.1. The third-order valence-electron chi connectivity index (χ3n) is 4.36. The zero-order chi connectivity index (χ0) is 14.9. The Labute approximate surface area is 141 Å². The Hall–Kier alpha value is -1.23. The topological polar surface area (TPSA) is 70.9 Å². The van der Waals surface area contributed by atoms with Crippen LogP contribution in [-0.2, 0) is 0 Å². The molecule has 1 amide bonds. The number of amides is 1. The number of benzene rings is 1. The molecule has 1 fully saturated rings. The van der Waals surface area contributed by atoms with Gasteiger partial charge in [-0.15, -0.1) is 12.4 Å². The molecule has 1 aliphatic rings. The Morgan fingerprint density at radius 2 is 2.00 bits per heavy atom. The summed E-state index contributed by atoms with van der Waals surface area (Å²) in [6.45, 7) is 0.507. The van der Waals surface area contributed by atoms with Crippen LogP contribution in [0.25, 0.3) is 10.9 Å². The van der Waals surface area contributed by atoms with E-state index < -0.39 is 0 Å².